The molecule has 0 bridgehead atoms. The van der Waals surface area contributed by atoms with Crippen molar-refractivity contribution >= 4 is 55.5 Å². The van der Waals surface area contributed by atoms with Crippen molar-refractivity contribution in [3.63, 3.8) is 0 Å². The molecule has 2 aromatic carbocycles. The average Bonchev–Trinajstić information content (AvgIpc) is 3.30. The normalized spacial score (nSPS) is 13.9. The van der Waals surface area contributed by atoms with Crippen LogP contribution in [0.2, 0.25) is 0 Å². The fourth-order valence-corrected chi connectivity index (χ4v) is 5.55. The van der Waals surface area contributed by atoms with Crippen LogP contribution in [0.5, 0.6) is 0 Å². The highest BCUT2D eigenvalue weighted by Gasteiger charge is 2.25. The number of thioether (sulfide) groups is 1. The Bertz CT molecular complexity index is 1230. The molecule has 1 aliphatic rings. The summed E-state index contributed by atoms with van der Waals surface area (Å²) in [6.07, 6.45) is 0.861. The van der Waals surface area contributed by atoms with Gasteiger partial charge in [-0.25, -0.2) is 4.98 Å². The number of rotatable bonds is 4. The minimum Gasteiger partial charge on any atom is -0.357 e. The third-order valence-electron chi connectivity index (χ3n) is 5.57. The summed E-state index contributed by atoms with van der Waals surface area (Å²) in [6.45, 7) is 4.37. The van der Waals surface area contributed by atoms with Gasteiger partial charge in [0, 0.05) is 47.2 Å². The molecule has 0 radical (unpaired) electrons. The molecule has 1 N–H and O–H groups in total. The second-order valence-electron chi connectivity index (χ2n) is 7.23. The second kappa shape index (κ2) is 7.54. The van der Waals surface area contributed by atoms with Gasteiger partial charge in [0.05, 0.1) is 22.3 Å². The van der Waals surface area contributed by atoms with Crippen molar-refractivity contribution in [1.82, 2.24) is 19.4 Å². The Morgan fingerprint density at radius 2 is 2.10 bits per heavy atom. The fraction of sp³-hybridized carbons (Fsp3) is 0.273. The van der Waals surface area contributed by atoms with E-state index in [4.69, 9.17) is 4.98 Å². The van der Waals surface area contributed by atoms with E-state index in [9.17, 15) is 4.79 Å². The molecule has 7 heteroatoms. The fourth-order valence-electron chi connectivity index (χ4n) is 4.10. The van der Waals surface area contributed by atoms with Gasteiger partial charge in [-0.05, 0) is 41.1 Å². The number of fused-ring (bicyclic) bond motifs is 4. The number of carbonyl (C=O) groups is 1. The molecule has 0 spiro atoms. The van der Waals surface area contributed by atoms with Gasteiger partial charge < -0.3 is 14.5 Å². The first-order valence-electron chi connectivity index (χ1n) is 9.79. The van der Waals surface area contributed by atoms with Crippen molar-refractivity contribution in [2.45, 2.75) is 31.6 Å². The molecule has 0 fully saturated rings. The van der Waals surface area contributed by atoms with Crippen LogP contribution >= 0.6 is 27.7 Å². The first kappa shape index (κ1) is 18.8. The highest BCUT2D eigenvalue weighted by molar-refractivity contribution is 9.10. The third-order valence-corrected chi connectivity index (χ3v) is 7.19. The van der Waals surface area contributed by atoms with Gasteiger partial charge in [-0.3, -0.25) is 4.79 Å². The van der Waals surface area contributed by atoms with Gasteiger partial charge in [0.2, 0.25) is 5.91 Å². The topological polar surface area (TPSA) is 53.9 Å². The van der Waals surface area contributed by atoms with Crippen molar-refractivity contribution in [2.75, 3.05) is 12.3 Å². The van der Waals surface area contributed by atoms with E-state index in [0.29, 0.717) is 12.3 Å². The van der Waals surface area contributed by atoms with E-state index in [-0.39, 0.29) is 5.91 Å². The van der Waals surface area contributed by atoms with E-state index >= 15 is 0 Å². The number of amides is 1. The van der Waals surface area contributed by atoms with Crippen LogP contribution in [0.15, 0.2) is 52.1 Å². The summed E-state index contributed by atoms with van der Waals surface area (Å²) >= 11 is 5.16. The highest BCUT2D eigenvalue weighted by atomic mass is 79.9. The minimum absolute atomic E-state index is 0.166. The Morgan fingerprint density at radius 1 is 1.24 bits per heavy atom. The number of aryl methyl sites for hydroxylation is 1. The SMILES string of the molecule is CCn1c(SCC(=O)N2CCc3[nH]c4c(Br)cccc4c3C2)nc2ccccc21. The van der Waals surface area contributed by atoms with Gasteiger partial charge >= 0.3 is 0 Å². The third kappa shape index (κ3) is 3.26. The lowest BCUT2D eigenvalue weighted by atomic mass is 10.0. The lowest BCUT2D eigenvalue weighted by Gasteiger charge is -2.27. The summed E-state index contributed by atoms with van der Waals surface area (Å²) in [4.78, 5) is 23.2. The molecule has 4 aromatic rings. The quantitative estimate of drug-likeness (QED) is 0.429. The Balaban J connectivity index is 1.34. The van der Waals surface area contributed by atoms with Crippen molar-refractivity contribution in [3.8, 4) is 0 Å². The zero-order chi connectivity index (χ0) is 20.0. The standard InChI is InChI=1S/C22H21BrN4OS/c1-2-27-19-9-4-3-8-18(19)25-22(27)29-13-20(28)26-11-10-17-15(12-26)14-6-5-7-16(23)21(14)24-17/h3-9,24H,2,10-13H2,1H3. The van der Waals surface area contributed by atoms with Crippen LogP contribution < -0.4 is 0 Å². The number of nitrogens with one attached hydrogen (secondary N) is 1. The molecule has 1 aliphatic heterocycles. The molecular weight excluding hydrogens is 448 g/mol. The van der Waals surface area contributed by atoms with Gasteiger partial charge in [-0.2, -0.15) is 0 Å². The van der Waals surface area contributed by atoms with Crippen molar-refractivity contribution in [1.29, 1.82) is 0 Å². The Morgan fingerprint density at radius 3 is 2.97 bits per heavy atom. The molecule has 29 heavy (non-hydrogen) atoms. The number of aromatic nitrogens is 3. The summed E-state index contributed by atoms with van der Waals surface area (Å²) in [5, 5.41) is 2.11. The molecule has 148 valence electrons. The molecule has 3 heterocycles. The predicted molar refractivity (Wildman–Crippen MR) is 121 cm³/mol. The van der Waals surface area contributed by atoms with E-state index in [2.05, 4.69) is 44.5 Å². The van der Waals surface area contributed by atoms with Gasteiger partial charge in [0.25, 0.3) is 0 Å². The van der Waals surface area contributed by atoms with Crippen molar-refractivity contribution < 1.29 is 4.79 Å². The number of imidazole rings is 1. The number of aromatic amines is 1. The molecule has 0 atom stereocenters. The number of halogens is 1. The van der Waals surface area contributed by atoms with Crippen LogP contribution in [-0.2, 0) is 24.3 Å². The maximum Gasteiger partial charge on any atom is 0.233 e. The molecule has 5 rings (SSSR count). The lowest BCUT2D eigenvalue weighted by molar-refractivity contribution is -0.129. The van der Waals surface area contributed by atoms with Crippen LogP contribution in [-0.4, -0.2) is 37.6 Å². The predicted octanol–water partition coefficient (Wildman–Crippen LogP) is 4.98. The number of para-hydroxylation sites is 3. The smallest absolute Gasteiger partial charge is 0.233 e. The van der Waals surface area contributed by atoms with Crippen molar-refractivity contribution in [3.05, 3.63) is 58.2 Å². The monoisotopic (exact) mass is 468 g/mol. The number of nitrogens with zero attached hydrogens (tertiary/aromatic N) is 3. The first-order chi connectivity index (χ1) is 14.2. The van der Waals surface area contributed by atoms with Gasteiger partial charge in [0.1, 0.15) is 0 Å². The van der Waals surface area contributed by atoms with Crippen LogP contribution in [0.1, 0.15) is 18.2 Å². The van der Waals surface area contributed by atoms with E-state index < -0.39 is 0 Å². The van der Waals surface area contributed by atoms with Gasteiger partial charge in [0.15, 0.2) is 5.16 Å². The number of H-pyrrole nitrogens is 1. The number of hydrogen-bond donors (Lipinski definition) is 1. The molecular formula is C22H21BrN4OS. The zero-order valence-corrected chi connectivity index (χ0v) is 18.5. The molecule has 0 unspecified atom stereocenters. The Kier molecular flexibility index (Phi) is 4.87. The maximum absolute atomic E-state index is 13.0. The minimum atomic E-state index is 0.166. The van der Waals surface area contributed by atoms with Gasteiger partial charge in [-0.1, -0.05) is 36.0 Å². The van der Waals surface area contributed by atoms with Crippen LogP contribution in [0.4, 0.5) is 0 Å². The molecule has 0 saturated carbocycles. The molecule has 0 aliphatic carbocycles. The zero-order valence-electron chi connectivity index (χ0n) is 16.1. The number of benzene rings is 2. The van der Waals surface area contributed by atoms with Crippen LogP contribution in [0, 0.1) is 0 Å². The number of hydrogen-bond acceptors (Lipinski definition) is 3. The molecule has 5 nitrogen and oxygen atoms in total. The molecule has 1 amide bonds. The number of carbonyl (C=O) groups excluding carboxylic acids is 1. The van der Waals surface area contributed by atoms with E-state index in [1.54, 1.807) is 0 Å². The van der Waals surface area contributed by atoms with Gasteiger partial charge in [-0.15, -0.1) is 0 Å². The second-order valence-corrected chi connectivity index (χ2v) is 9.02. The lowest BCUT2D eigenvalue weighted by Crippen LogP contribution is -2.36. The average molecular weight is 469 g/mol. The molecule has 2 aromatic heterocycles. The van der Waals surface area contributed by atoms with Crippen LogP contribution in [0.3, 0.4) is 0 Å². The Labute approximate surface area is 181 Å². The van der Waals surface area contributed by atoms with E-state index in [1.807, 2.05) is 35.2 Å². The summed E-state index contributed by atoms with van der Waals surface area (Å²) in [5.74, 6) is 0.574. The van der Waals surface area contributed by atoms with E-state index in [0.717, 1.165) is 45.7 Å². The summed E-state index contributed by atoms with van der Waals surface area (Å²) < 4.78 is 3.25. The Hall–Kier alpha value is -2.25. The summed E-state index contributed by atoms with van der Waals surface area (Å²) in [6, 6.07) is 14.4. The highest BCUT2D eigenvalue weighted by Crippen LogP contribution is 2.32. The summed E-state index contributed by atoms with van der Waals surface area (Å²) in [5.41, 5.74) is 5.72. The largest absolute Gasteiger partial charge is 0.357 e. The summed E-state index contributed by atoms with van der Waals surface area (Å²) in [7, 11) is 0. The van der Waals surface area contributed by atoms with Crippen molar-refractivity contribution in [2.24, 2.45) is 0 Å². The first-order valence-corrected chi connectivity index (χ1v) is 11.6. The maximum atomic E-state index is 13.0. The van der Waals surface area contributed by atoms with E-state index in [1.165, 1.54) is 28.4 Å². The molecule has 0 saturated heterocycles. The van der Waals surface area contributed by atoms with Crippen LogP contribution in [0.25, 0.3) is 21.9 Å².